The van der Waals surface area contributed by atoms with Crippen LogP contribution in [0.5, 0.6) is 5.75 Å². The summed E-state index contributed by atoms with van der Waals surface area (Å²) in [5, 5.41) is 4.14. The van der Waals surface area contributed by atoms with E-state index in [0.717, 1.165) is 42.7 Å². The third-order valence-corrected chi connectivity index (χ3v) is 5.52. The van der Waals surface area contributed by atoms with Crippen LogP contribution in [0.1, 0.15) is 28.8 Å². The lowest BCUT2D eigenvalue weighted by atomic mass is 10.1. The molecule has 0 atom stereocenters. The SMILES string of the molecule is C=CCC(=O)NCCc1c(CN2Cc3ccccc3C2)[nH]c2ccc(OC)cc12. The predicted molar refractivity (Wildman–Crippen MR) is 116 cm³/mol. The fourth-order valence-corrected chi connectivity index (χ4v) is 4.10. The number of amides is 1. The molecule has 0 fully saturated rings. The first-order valence-electron chi connectivity index (χ1n) is 10.0. The van der Waals surface area contributed by atoms with Crippen molar-refractivity contribution in [3.8, 4) is 5.75 Å². The Hall–Kier alpha value is -3.05. The molecular weight excluding hydrogens is 362 g/mol. The minimum atomic E-state index is 0.00830. The Morgan fingerprint density at radius 2 is 2.00 bits per heavy atom. The fraction of sp³-hybridized carbons (Fsp3) is 0.292. The van der Waals surface area contributed by atoms with Crippen LogP contribution in [0, 0.1) is 0 Å². The lowest BCUT2D eigenvalue weighted by Gasteiger charge is -2.15. The van der Waals surface area contributed by atoms with Gasteiger partial charge in [-0.2, -0.15) is 0 Å². The average Bonchev–Trinajstić information content (AvgIpc) is 3.28. The lowest BCUT2D eigenvalue weighted by Crippen LogP contribution is -2.25. The Bertz CT molecular complexity index is 1010. The molecule has 5 nitrogen and oxygen atoms in total. The van der Waals surface area contributed by atoms with Crippen LogP contribution in [0.4, 0.5) is 0 Å². The van der Waals surface area contributed by atoms with Gasteiger partial charge in [-0.3, -0.25) is 9.69 Å². The van der Waals surface area contributed by atoms with E-state index in [1.807, 2.05) is 6.07 Å². The van der Waals surface area contributed by atoms with E-state index in [2.05, 4.69) is 58.2 Å². The number of rotatable bonds is 8. The van der Waals surface area contributed by atoms with Gasteiger partial charge in [-0.15, -0.1) is 6.58 Å². The number of nitrogens with one attached hydrogen (secondary N) is 2. The molecule has 0 aliphatic carbocycles. The van der Waals surface area contributed by atoms with Crippen LogP contribution in [-0.2, 0) is 30.8 Å². The summed E-state index contributed by atoms with van der Waals surface area (Å²) in [5.74, 6) is 0.850. The van der Waals surface area contributed by atoms with Gasteiger partial charge >= 0.3 is 0 Å². The van der Waals surface area contributed by atoms with Gasteiger partial charge in [0.25, 0.3) is 0 Å². The second-order valence-electron chi connectivity index (χ2n) is 7.50. The first kappa shape index (κ1) is 19.3. The van der Waals surface area contributed by atoms with Gasteiger partial charge in [-0.25, -0.2) is 0 Å². The van der Waals surface area contributed by atoms with Gasteiger partial charge < -0.3 is 15.0 Å². The van der Waals surface area contributed by atoms with E-state index >= 15 is 0 Å². The molecule has 1 aromatic heterocycles. The standard InChI is InChI=1S/C24H27N3O2/c1-3-6-24(28)25-12-11-20-21-13-19(29-2)9-10-22(21)26-23(20)16-27-14-17-7-4-5-8-18(17)15-27/h3-5,7-10,13,26H,1,6,11-12,14-16H2,2H3,(H,25,28). The molecule has 0 unspecified atom stereocenters. The summed E-state index contributed by atoms with van der Waals surface area (Å²) >= 11 is 0. The van der Waals surface area contributed by atoms with Crippen LogP contribution in [0.25, 0.3) is 10.9 Å². The minimum absolute atomic E-state index is 0.00830. The zero-order valence-corrected chi connectivity index (χ0v) is 16.8. The van der Waals surface area contributed by atoms with E-state index in [4.69, 9.17) is 4.74 Å². The third kappa shape index (κ3) is 4.20. The summed E-state index contributed by atoms with van der Waals surface area (Å²) in [5.41, 5.74) is 6.37. The second-order valence-corrected chi connectivity index (χ2v) is 7.50. The van der Waals surface area contributed by atoms with Crippen molar-refractivity contribution in [2.45, 2.75) is 32.5 Å². The second kappa shape index (κ2) is 8.53. The summed E-state index contributed by atoms with van der Waals surface area (Å²) in [7, 11) is 1.69. The van der Waals surface area contributed by atoms with E-state index < -0.39 is 0 Å². The summed E-state index contributed by atoms with van der Waals surface area (Å²) in [6.45, 7) is 7.00. The van der Waals surface area contributed by atoms with E-state index in [0.29, 0.717) is 13.0 Å². The zero-order valence-electron chi connectivity index (χ0n) is 16.8. The molecule has 0 radical (unpaired) electrons. The Balaban J connectivity index is 1.57. The number of hydrogen-bond donors (Lipinski definition) is 2. The van der Waals surface area contributed by atoms with Gasteiger partial charge in [-0.05, 0) is 41.3 Å². The number of H-pyrrole nitrogens is 1. The van der Waals surface area contributed by atoms with Crippen molar-refractivity contribution in [1.82, 2.24) is 15.2 Å². The molecule has 2 heterocycles. The normalized spacial score (nSPS) is 13.4. The highest BCUT2D eigenvalue weighted by atomic mass is 16.5. The molecule has 2 aromatic carbocycles. The molecular formula is C24H27N3O2. The van der Waals surface area contributed by atoms with E-state index in [1.165, 1.54) is 22.4 Å². The van der Waals surface area contributed by atoms with Gasteiger partial charge in [-0.1, -0.05) is 30.3 Å². The van der Waals surface area contributed by atoms with Gasteiger partial charge in [0.1, 0.15) is 5.75 Å². The van der Waals surface area contributed by atoms with E-state index in [-0.39, 0.29) is 5.91 Å². The maximum Gasteiger partial charge on any atom is 0.223 e. The summed E-state index contributed by atoms with van der Waals surface area (Å²) in [6, 6.07) is 14.8. The van der Waals surface area contributed by atoms with Crippen LogP contribution in [-0.4, -0.2) is 29.4 Å². The van der Waals surface area contributed by atoms with Gasteiger partial charge in [0.2, 0.25) is 5.91 Å². The monoisotopic (exact) mass is 389 g/mol. The first-order valence-corrected chi connectivity index (χ1v) is 10.0. The van der Waals surface area contributed by atoms with Crippen molar-refractivity contribution in [2.75, 3.05) is 13.7 Å². The number of fused-ring (bicyclic) bond motifs is 2. The number of aromatic nitrogens is 1. The van der Waals surface area contributed by atoms with Crippen LogP contribution in [0.3, 0.4) is 0 Å². The van der Waals surface area contributed by atoms with Crippen molar-refractivity contribution in [3.05, 3.63) is 77.5 Å². The topological polar surface area (TPSA) is 57.4 Å². The van der Waals surface area contributed by atoms with Gasteiger partial charge in [0, 0.05) is 49.2 Å². The maximum absolute atomic E-state index is 11.8. The van der Waals surface area contributed by atoms with Crippen LogP contribution in [0.2, 0.25) is 0 Å². The molecule has 0 spiro atoms. The Morgan fingerprint density at radius 1 is 1.24 bits per heavy atom. The smallest absolute Gasteiger partial charge is 0.223 e. The third-order valence-electron chi connectivity index (χ3n) is 5.52. The average molecular weight is 389 g/mol. The Morgan fingerprint density at radius 3 is 2.69 bits per heavy atom. The molecule has 0 bridgehead atoms. The van der Waals surface area contributed by atoms with Crippen LogP contribution < -0.4 is 10.1 Å². The van der Waals surface area contributed by atoms with Crippen LogP contribution >= 0.6 is 0 Å². The highest BCUT2D eigenvalue weighted by Crippen LogP contribution is 2.30. The van der Waals surface area contributed by atoms with Crippen molar-refractivity contribution in [1.29, 1.82) is 0 Å². The number of carbonyl (C=O) groups excluding carboxylic acids is 1. The van der Waals surface area contributed by atoms with Gasteiger partial charge in [0.05, 0.1) is 7.11 Å². The maximum atomic E-state index is 11.8. The quantitative estimate of drug-likeness (QED) is 0.574. The molecule has 1 aliphatic rings. The molecule has 29 heavy (non-hydrogen) atoms. The zero-order chi connectivity index (χ0) is 20.2. The summed E-state index contributed by atoms with van der Waals surface area (Å²) in [4.78, 5) is 17.9. The predicted octanol–water partition coefficient (Wildman–Crippen LogP) is 3.93. The summed E-state index contributed by atoms with van der Waals surface area (Å²) in [6.07, 6.45) is 2.75. The molecule has 1 amide bonds. The lowest BCUT2D eigenvalue weighted by molar-refractivity contribution is -0.120. The molecule has 2 N–H and O–H groups in total. The molecule has 4 rings (SSSR count). The number of ether oxygens (including phenoxy) is 1. The number of hydrogen-bond acceptors (Lipinski definition) is 3. The first-order chi connectivity index (χ1) is 14.2. The Kier molecular flexibility index (Phi) is 5.67. The van der Waals surface area contributed by atoms with Gasteiger partial charge in [0.15, 0.2) is 0 Å². The molecule has 1 aliphatic heterocycles. The number of benzene rings is 2. The van der Waals surface area contributed by atoms with E-state index in [9.17, 15) is 4.79 Å². The summed E-state index contributed by atoms with van der Waals surface area (Å²) < 4.78 is 5.43. The highest BCUT2D eigenvalue weighted by molar-refractivity contribution is 5.86. The molecule has 3 aromatic rings. The van der Waals surface area contributed by atoms with Crippen LogP contribution in [0.15, 0.2) is 55.1 Å². The fourth-order valence-electron chi connectivity index (χ4n) is 4.10. The van der Waals surface area contributed by atoms with Crippen molar-refractivity contribution >= 4 is 16.8 Å². The Labute approximate surface area is 171 Å². The van der Waals surface area contributed by atoms with E-state index in [1.54, 1.807) is 13.2 Å². The number of carbonyl (C=O) groups is 1. The number of nitrogens with zero attached hydrogens (tertiary/aromatic N) is 1. The highest BCUT2D eigenvalue weighted by Gasteiger charge is 2.21. The molecule has 0 saturated carbocycles. The largest absolute Gasteiger partial charge is 0.497 e. The van der Waals surface area contributed by atoms with Crippen molar-refractivity contribution < 1.29 is 9.53 Å². The minimum Gasteiger partial charge on any atom is -0.497 e. The number of aromatic amines is 1. The number of methoxy groups -OCH3 is 1. The van der Waals surface area contributed by atoms with Crippen molar-refractivity contribution in [2.24, 2.45) is 0 Å². The van der Waals surface area contributed by atoms with Crippen molar-refractivity contribution in [3.63, 3.8) is 0 Å². The molecule has 0 saturated heterocycles. The molecule has 5 heteroatoms. The molecule has 150 valence electrons.